The van der Waals surface area contributed by atoms with Crippen LogP contribution in [0.15, 0.2) is 27.2 Å². The van der Waals surface area contributed by atoms with Gasteiger partial charge in [0.05, 0.1) is 36.9 Å². The van der Waals surface area contributed by atoms with Gasteiger partial charge in [-0.25, -0.2) is 0 Å². The van der Waals surface area contributed by atoms with Crippen molar-refractivity contribution >= 4 is 29.4 Å². The monoisotopic (exact) mass is 386 g/mol. The number of alkyl halides is 1. The van der Waals surface area contributed by atoms with E-state index >= 15 is 0 Å². The van der Waals surface area contributed by atoms with Gasteiger partial charge >= 0.3 is 0 Å². The van der Waals surface area contributed by atoms with Gasteiger partial charge in [-0.15, -0.1) is 11.6 Å². The van der Waals surface area contributed by atoms with Gasteiger partial charge in [-0.2, -0.15) is 0 Å². The van der Waals surface area contributed by atoms with E-state index in [2.05, 4.69) is 12.2 Å². The van der Waals surface area contributed by atoms with Crippen molar-refractivity contribution in [3.05, 3.63) is 22.2 Å². The van der Waals surface area contributed by atoms with Crippen LogP contribution in [-0.4, -0.2) is 32.0 Å². The molecule has 0 spiro atoms. The fourth-order valence-corrected chi connectivity index (χ4v) is 4.95. The second-order valence-corrected chi connectivity index (χ2v) is 8.33. The van der Waals surface area contributed by atoms with Gasteiger partial charge in [-0.05, 0) is 31.1 Å². The van der Waals surface area contributed by atoms with Crippen LogP contribution in [0.5, 0.6) is 0 Å². The molecule has 5 atom stereocenters. The van der Waals surface area contributed by atoms with Gasteiger partial charge in [-0.1, -0.05) is 24.9 Å². The summed E-state index contributed by atoms with van der Waals surface area (Å²) < 4.78 is 10.8. The number of hydrogen-bond donors (Lipinski definition) is 1. The average Bonchev–Trinajstić information content (AvgIpc) is 2.61. The Labute approximate surface area is 160 Å². The molecule has 3 aliphatic rings. The molecule has 1 aliphatic heterocycles. The molecule has 1 saturated heterocycles. The summed E-state index contributed by atoms with van der Waals surface area (Å²) >= 11 is 12.9. The summed E-state index contributed by atoms with van der Waals surface area (Å²) in [4.78, 5) is 4.73. The van der Waals surface area contributed by atoms with Crippen LogP contribution in [0.3, 0.4) is 0 Å². The number of piperidine rings is 1. The molecule has 0 radical (unpaired) electrons. The molecule has 25 heavy (non-hydrogen) atoms. The van der Waals surface area contributed by atoms with E-state index in [9.17, 15) is 0 Å². The van der Waals surface area contributed by atoms with Gasteiger partial charge in [-0.3, -0.25) is 10.3 Å². The van der Waals surface area contributed by atoms with E-state index in [0.29, 0.717) is 35.8 Å². The zero-order valence-corrected chi connectivity index (χ0v) is 16.7. The maximum absolute atomic E-state index is 6.63. The molecular weight excluding hydrogens is 359 g/mol. The van der Waals surface area contributed by atoms with Crippen molar-refractivity contribution in [2.45, 2.75) is 57.0 Å². The summed E-state index contributed by atoms with van der Waals surface area (Å²) in [5.41, 5.74) is 0.813. The Morgan fingerprint density at radius 3 is 2.64 bits per heavy atom. The third kappa shape index (κ3) is 4.17. The number of nitrogens with one attached hydrogen (secondary N) is 1. The van der Waals surface area contributed by atoms with Crippen molar-refractivity contribution in [2.75, 3.05) is 14.2 Å². The maximum atomic E-state index is 6.63. The predicted molar refractivity (Wildman–Crippen MR) is 103 cm³/mol. The number of hydrogen-bond acceptors (Lipinski definition) is 4. The summed E-state index contributed by atoms with van der Waals surface area (Å²) in [6, 6.07) is 0.547. The predicted octanol–water partition coefficient (Wildman–Crippen LogP) is 4.79. The molecule has 1 saturated carbocycles. The third-order valence-corrected chi connectivity index (χ3v) is 6.63. The molecule has 0 aromatic carbocycles. The molecular formula is C19H28Cl2N2O2. The van der Waals surface area contributed by atoms with Crippen molar-refractivity contribution in [2.24, 2.45) is 22.7 Å². The third-order valence-electron chi connectivity index (χ3n) is 5.84. The van der Waals surface area contributed by atoms with E-state index in [-0.39, 0.29) is 11.4 Å². The number of allylic oxidation sites excluding steroid dienone is 1. The fourth-order valence-electron chi connectivity index (χ4n) is 4.37. The number of ether oxygens (including phenoxy) is 2. The van der Waals surface area contributed by atoms with Crippen LogP contribution in [0.2, 0.25) is 0 Å². The summed E-state index contributed by atoms with van der Waals surface area (Å²) in [6.45, 7) is 2.34. The molecule has 2 aliphatic carbocycles. The number of fused-ring (bicyclic) bond motifs is 1. The molecule has 4 nitrogen and oxygen atoms in total. The summed E-state index contributed by atoms with van der Waals surface area (Å²) in [5.74, 6) is 3.20. The van der Waals surface area contributed by atoms with Crippen LogP contribution < -0.4 is 5.32 Å². The van der Waals surface area contributed by atoms with E-state index in [1.807, 2.05) is 6.21 Å². The first kappa shape index (κ1) is 19.1. The summed E-state index contributed by atoms with van der Waals surface area (Å²) in [6.07, 6.45) is 8.10. The Kier molecular flexibility index (Phi) is 6.35. The highest BCUT2D eigenvalue weighted by molar-refractivity contribution is 6.30. The molecule has 0 amide bonds. The van der Waals surface area contributed by atoms with E-state index in [4.69, 9.17) is 37.7 Å². The highest BCUT2D eigenvalue weighted by Crippen LogP contribution is 2.39. The maximum Gasteiger partial charge on any atom is 0.123 e. The highest BCUT2D eigenvalue weighted by Gasteiger charge is 2.39. The van der Waals surface area contributed by atoms with Crippen LogP contribution in [-0.2, 0) is 9.47 Å². The number of rotatable bonds is 4. The lowest BCUT2D eigenvalue weighted by molar-refractivity contribution is 0.133. The van der Waals surface area contributed by atoms with Crippen molar-refractivity contribution in [1.29, 1.82) is 0 Å². The zero-order valence-electron chi connectivity index (χ0n) is 15.2. The summed E-state index contributed by atoms with van der Waals surface area (Å²) in [7, 11) is 3.30. The lowest BCUT2D eigenvalue weighted by Gasteiger charge is -2.45. The van der Waals surface area contributed by atoms with Crippen LogP contribution in [0.25, 0.3) is 0 Å². The molecule has 5 unspecified atom stereocenters. The molecule has 0 aromatic rings. The molecule has 1 heterocycles. The molecule has 140 valence electrons. The number of aliphatic imine (C=N–C) groups is 1. The lowest BCUT2D eigenvalue weighted by Crippen LogP contribution is -2.54. The van der Waals surface area contributed by atoms with E-state index in [1.165, 1.54) is 19.3 Å². The molecule has 1 N–H and O–H groups in total. The van der Waals surface area contributed by atoms with Crippen molar-refractivity contribution in [3.8, 4) is 0 Å². The normalized spacial score (nSPS) is 36.6. The number of halogens is 2. The Morgan fingerprint density at radius 1 is 1.16 bits per heavy atom. The van der Waals surface area contributed by atoms with Crippen molar-refractivity contribution in [1.82, 2.24) is 5.32 Å². The Balaban J connectivity index is 1.70. The molecule has 3 rings (SSSR count). The molecule has 6 heteroatoms. The Morgan fingerprint density at radius 2 is 1.92 bits per heavy atom. The SMILES string of the molecule is COC1=C(Cl)CC(OC)=C(N=CC2CC3CCCC(C)C3NC2Cl)C1. The topological polar surface area (TPSA) is 42.9 Å². The van der Waals surface area contributed by atoms with Gasteiger partial charge in [0.15, 0.2) is 0 Å². The Hall–Kier alpha value is -0.710. The van der Waals surface area contributed by atoms with Crippen LogP contribution >= 0.6 is 23.2 Å². The summed E-state index contributed by atoms with van der Waals surface area (Å²) in [5, 5.41) is 4.32. The Bertz CT molecular complexity index is 588. The smallest absolute Gasteiger partial charge is 0.123 e. The molecule has 0 bridgehead atoms. The second-order valence-electron chi connectivity index (χ2n) is 7.40. The van der Waals surface area contributed by atoms with Gasteiger partial charge in [0.2, 0.25) is 0 Å². The molecule has 2 fully saturated rings. The largest absolute Gasteiger partial charge is 0.499 e. The minimum absolute atomic E-state index is 0.0678. The zero-order chi connectivity index (χ0) is 18.0. The van der Waals surface area contributed by atoms with E-state index in [0.717, 1.165) is 23.6 Å². The number of nitrogens with zero attached hydrogens (tertiary/aromatic N) is 1. The van der Waals surface area contributed by atoms with Crippen LogP contribution in [0.4, 0.5) is 0 Å². The van der Waals surface area contributed by atoms with Gasteiger partial charge in [0.25, 0.3) is 0 Å². The van der Waals surface area contributed by atoms with Crippen molar-refractivity contribution in [3.63, 3.8) is 0 Å². The quantitative estimate of drug-likeness (QED) is 0.429. The van der Waals surface area contributed by atoms with Gasteiger partial charge < -0.3 is 9.47 Å². The van der Waals surface area contributed by atoms with E-state index < -0.39 is 0 Å². The first-order valence-electron chi connectivity index (χ1n) is 9.15. The van der Waals surface area contributed by atoms with Crippen LogP contribution in [0, 0.1) is 17.8 Å². The first-order chi connectivity index (χ1) is 12.0. The average molecular weight is 387 g/mol. The van der Waals surface area contributed by atoms with Crippen molar-refractivity contribution < 1.29 is 9.47 Å². The molecule has 0 aromatic heterocycles. The highest BCUT2D eigenvalue weighted by atomic mass is 35.5. The second kappa shape index (κ2) is 8.32. The minimum atomic E-state index is -0.0678. The van der Waals surface area contributed by atoms with Gasteiger partial charge in [0.1, 0.15) is 11.5 Å². The van der Waals surface area contributed by atoms with Gasteiger partial charge in [0, 0.05) is 24.6 Å². The number of methoxy groups -OCH3 is 2. The minimum Gasteiger partial charge on any atom is -0.499 e. The fraction of sp³-hybridized carbons (Fsp3) is 0.737. The van der Waals surface area contributed by atoms with Crippen LogP contribution in [0.1, 0.15) is 45.4 Å². The lowest BCUT2D eigenvalue weighted by atomic mass is 9.71. The standard InChI is InChI=1S/C19H28Cl2N2O2/c1-11-5-4-6-12-7-13(19(21)23-18(11)12)10-22-15-9-16(24-2)14(20)8-17(15)25-3/h10-13,18-19,23H,4-9H2,1-3H3. The van der Waals surface area contributed by atoms with E-state index in [1.54, 1.807) is 14.2 Å². The first-order valence-corrected chi connectivity index (χ1v) is 9.96.